The molecule has 3 heterocycles. The van der Waals surface area contributed by atoms with Gasteiger partial charge in [-0.15, -0.1) is 38.8 Å². The molecule has 0 amide bonds. The second kappa shape index (κ2) is 14.3. The van der Waals surface area contributed by atoms with Gasteiger partial charge in [0.2, 0.25) is 0 Å². The quantitative estimate of drug-likeness (QED) is 0.0909. The smallest absolute Gasteiger partial charge is 0.145 e. The Morgan fingerprint density at radius 2 is 1.24 bits per heavy atom. The van der Waals surface area contributed by atoms with Gasteiger partial charge in [0.25, 0.3) is 0 Å². The topological polar surface area (TPSA) is 37.1 Å². The molecule has 0 fully saturated rings. The fourth-order valence-corrected chi connectivity index (χ4v) is 8.05. The number of pyridine rings is 1. The maximum absolute atomic E-state index is 5.12. The minimum absolute atomic E-state index is 0. The number of aromatic nitrogens is 2. The normalized spacial score (nSPS) is 13.1. The molecule has 1 N–H and O–H groups in total. The van der Waals surface area contributed by atoms with Crippen LogP contribution in [-0.4, -0.2) is 20.5 Å². The SMILES string of the molecule is CC(C)N1[OH+]N(c2[c-]c(C(c3[c-]c4c(cc3)c3ccccc3n4-c3cc(C(C)(C)C)ccn3)(c3ccccc3)c3ccccc3)ccc2)c2ccccc21.[Pt]. The van der Waals surface area contributed by atoms with Gasteiger partial charge >= 0.3 is 0 Å². The van der Waals surface area contributed by atoms with Crippen LogP contribution < -0.4 is 10.1 Å². The molecule has 6 heteroatoms. The van der Waals surface area contributed by atoms with Gasteiger partial charge in [-0.3, -0.25) is 0 Å². The van der Waals surface area contributed by atoms with E-state index in [0.717, 1.165) is 61.6 Å². The van der Waals surface area contributed by atoms with Gasteiger partial charge < -0.3 is 4.57 Å². The van der Waals surface area contributed by atoms with E-state index in [9.17, 15) is 0 Å². The van der Waals surface area contributed by atoms with E-state index in [2.05, 4.69) is 208 Å². The number of fused-ring (bicyclic) bond motifs is 4. The maximum atomic E-state index is 5.12. The number of hydroxylamine groups is 1. The van der Waals surface area contributed by atoms with Crippen LogP contribution in [-0.2, 0) is 31.9 Å². The van der Waals surface area contributed by atoms with Crippen molar-refractivity contribution in [3.05, 3.63) is 198 Å². The molecule has 9 rings (SSSR count). The molecular formula is C49H43N4OPt-. The minimum Gasteiger partial charge on any atom is -0.319 e. The van der Waals surface area contributed by atoms with Crippen LogP contribution in [0.1, 0.15) is 62.4 Å². The van der Waals surface area contributed by atoms with Crippen LogP contribution in [0.15, 0.2) is 158 Å². The number of anilines is 3. The molecular weight excluding hydrogens is 856 g/mol. The van der Waals surface area contributed by atoms with Gasteiger partial charge in [-0.05, 0) is 71.7 Å². The molecule has 0 unspecified atom stereocenters. The number of rotatable bonds is 7. The first-order valence-electron chi connectivity index (χ1n) is 18.7. The Bertz CT molecular complexity index is 2590. The molecule has 1 aliphatic heterocycles. The van der Waals surface area contributed by atoms with Crippen LogP contribution in [0.25, 0.3) is 27.6 Å². The van der Waals surface area contributed by atoms with E-state index in [-0.39, 0.29) is 32.5 Å². The fraction of sp³-hybridized carbons (Fsp3) is 0.163. The van der Waals surface area contributed by atoms with Gasteiger partial charge in [-0.25, -0.2) is 4.98 Å². The molecule has 0 spiro atoms. The van der Waals surface area contributed by atoms with E-state index in [1.165, 1.54) is 10.9 Å². The van der Waals surface area contributed by atoms with Gasteiger partial charge in [0.1, 0.15) is 17.2 Å². The first-order chi connectivity index (χ1) is 26.2. The van der Waals surface area contributed by atoms with Crippen LogP contribution in [0.2, 0.25) is 0 Å². The summed E-state index contributed by atoms with van der Waals surface area (Å²) >= 11 is 0. The Labute approximate surface area is 338 Å². The minimum atomic E-state index is -0.786. The number of hydrogen-bond donors (Lipinski definition) is 0. The zero-order valence-corrected chi connectivity index (χ0v) is 33.9. The maximum Gasteiger partial charge on any atom is 0.145 e. The molecule has 6 aromatic carbocycles. The van der Waals surface area contributed by atoms with Crippen LogP contribution in [0.4, 0.5) is 17.1 Å². The Kier molecular flexibility index (Phi) is 9.49. The Morgan fingerprint density at radius 1 is 0.600 bits per heavy atom. The van der Waals surface area contributed by atoms with E-state index in [0.29, 0.717) is 0 Å². The molecule has 8 aromatic rings. The van der Waals surface area contributed by atoms with Crippen molar-refractivity contribution in [3.63, 3.8) is 0 Å². The van der Waals surface area contributed by atoms with Crippen molar-refractivity contribution >= 4 is 38.9 Å². The molecule has 0 aliphatic carbocycles. The number of hydrogen-bond acceptors (Lipinski definition) is 3. The van der Waals surface area contributed by atoms with Crippen molar-refractivity contribution in [3.8, 4) is 5.82 Å². The summed E-state index contributed by atoms with van der Waals surface area (Å²) < 4.78 is 2.28. The monoisotopic (exact) mass is 898 g/mol. The first kappa shape index (κ1) is 36.5. The molecule has 0 atom stereocenters. The van der Waals surface area contributed by atoms with Gasteiger partial charge in [-0.1, -0.05) is 117 Å². The van der Waals surface area contributed by atoms with Gasteiger partial charge in [0.15, 0.2) is 0 Å². The van der Waals surface area contributed by atoms with Crippen LogP contribution in [0.5, 0.6) is 0 Å². The van der Waals surface area contributed by atoms with Gasteiger partial charge in [0.05, 0.1) is 6.04 Å². The molecule has 5 nitrogen and oxygen atoms in total. The van der Waals surface area contributed by atoms with E-state index in [4.69, 9.17) is 9.92 Å². The van der Waals surface area contributed by atoms with Crippen molar-refractivity contribution in [1.82, 2.24) is 9.55 Å². The van der Waals surface area contributed by atoms with Crippen molar-refractivity contribution in [2.45, 2.75) is 51.5 Å². The van der Waals surface area contributed by atoms with E-state index < -0.39 is 5.41 Å². The van der Waals surface area contributed by atoms with Gasteiger partial charge in [0, 0.05) is 43.9 Å². The first-order valence-corrected chi connectivity index (χ1v) is 18.7. The van der Waals surface area contributed by atoms with Crippen molar-refractivity contribution in [2.24, 2.45) is 0 Å². The summed E-state index contributed by atoms with van der Waals surface area (Å²) in [5.74, 6) is 0.879. The average Bonchev–Trinajstić information content (AvgIpc) is 3.76. The Hall–Kier alpha value is -5.48. The average molecular weight is 899 g/mol. The Morgan fingerprint density at radius 3 is 1.93 bits per heavy atom. The standard InChI is InChI=1S/C49H42N4O.Pt/c1-34(2)52-44-25-14-15-26-45(44)53(54-52)40-22-16-21-38(31-40)49(35-17-8-6-9-18-35,36-19-10-7-11-20-36)39-27-28-42-41-23-12-13-24-43(41)51(46(42)32-39)47-33-37(29-30-50-47)48(3,4)5;/h6-30,33-34H,1-5H3;/q-2;/p+1. The van der Waals surface area contributed by atoms with Crippen LogP contribution >= 0.6 is 0 Å². The zero-order chi connectivity index (χ0) is 37.0. The van der Waals surface area contributed by atoms with Crippen molar-refractivity contribution in [2.75, 3.05) is 10.1 Å². The van der Waals surface area contributed by atoms with E-state index in [1.54, 1.807) is 0 Å². The second-order valence-electron chi connectivity index (χ2n) is 15.4. The summed E-state index contributed by atoms with van der Waals surface area (Å²) in [6.07, 6.45) is 1.93. The molecule has 0 saturated carbocycles. The molecule has 2 aromatic heterocycles. The predicted octanol–water partition coefficient (Wildman–Crippen LogP) is 11.7. The van der Waals surface area contributed by atoms with Crippen LogP contribution in [0.3, 0.4) is 0 Å². The zero-order valence-electron chi connectivity index (χ0n) is 31.6. The molecule has 276 valence electrons. The summed E-state index contributed by atoms with van der Waals surface area (Å²) in [6.45, 7) is 11.1. The van der Waals surface area contributed by atoms with Crippen molar-refractivity contribution in [1.29, 1.82) is 0 Å². The summed E-state index contributed by atoms with van der Waals surface area (Å²) in [6, 6.07) is 62.1. The molecule has 55 heavy (non-hydrogen) atoms. The third-order valence-electron chi connectivity index (χ3n) is 10.7. The summed E-state index contributed by atoms with van der Waals surface area (Å²) in [4.78, 5) is 10.1. The molecule has 1 aliphatic rings. The van der Waals surface area contributed by atoms with Gasteiger partial charge in [-0.2, -0.15) is 35.3 Å². The fourth-order valence-electron chi connectivity index (χ4n) is 8.05. The summed E-state index contributed by atoms with van der Waals surface area (Å²) in [7, 11) is 0. The largest absolute Gasteiger partial charge is 0.319 e. The summed E-state index contributed by atoms with van der Waals surface area (Å²) in [5, 5.41) is 6.41. The second-order valence-corrected chi connectivity index (χ2v) is 15.4. The Balaban J connectivity index is 0.00000427. The van der Waals surface area contributed by atoms with E-state index in [1.807, 2.05) is 11.3 Å². The summed E-state index contributed by atoms with van der Waals surface area (Å²) in [5.41, 5.74) is 9.74. The molecule has 0 saturated heterocycles. The van der Waals surface area contributed by atoms with Crippen LogP contribution in [0, 0.1) is 12.1 Å². The van der Waals surface area contributed by atoms with E-state index >= 15 is 0 Å². The number of benzene rings is 6. The molecule has 0 radical (unpaired) electrons. The number of para-hydroxylation sites is 3. The molecule has 0 bridgehead atoms. The number of nitrogens with zero attached hydrogens (tertiary/aromatic N) is 4. The third kappa shape index (κ3) is 6.07. The van der Waals surface area contributed by atoms with Crippen molar-refractivity contribution < 1.29 is 26.0 Å². The predicted molar refractivity (Wildman–Crippen MR) is 221 cm³/mol. The third-order valence-corrected chi connectivity index (χ3v) is 10.7.